The second kappa shape index (κ2) is 11.9. The fourth-order valence-corrected chi connectivity index (χ4v) is 5.94. The van der Waals surface area contributed by atoms with Gasteiger partial charge in [-0.05, 0) is 67.0 Å². The van der Waals surface area contributed by atoms with Crippen LogP contribution in [0, 0.1) is 17.7 Å². The molecule has 1 saturated carbocycles. The Kier molecular flexibility index (Phi) is 8.94. The van der Waals surface area contributed by atoms with Crippen LogP contribution in [0.15, 0.2) is 54.6 Å². The molecule has 0 aromatic heterocycles. The molecule has 4 nitrogen and oxygen atoms in total. The number of benzene rings is 2. The van der Waals surface area contributed by atoms with Crippen LogP contribution >= 0.6 is 0 Å². The summed E-state index contributed by atoms with van der Waals surface area (Å²) in [5, 5.41) is 8.81. The topological polar surface area (TPSA) is 55.8 Å². The molecule has 1 aliphatic carbocycles. The third kappa shape index (κ3) is 6.68. The summed E-state index contributed by atoms with van der Waals surface area (Å²) >= 11 is 0. The van der Waals surface area contributed by atoms with Crippen molar-refractivity contribution >= 4 is 5.97 Å². The van der Waals surface area contributed by atoms with Crippen LogP contribution in [0.1, 0.15) is 54.4 Å². The monoisotopic (exact) mass is 574 g/mol. The third-order valence-corrected chi connectivity index (χ3v) is 7.87. The van der Waals surface area contributed by atoms with Gasteiger partial charge < -0.3 is 14.6 Å². The molecule has 2 fully saturated rings. The molecule has 1 saturated heterocycles. The van der Waals surface area contributed by atoms with Gasteiger partial charge in [-0.3, -0.25) is 4.79 Å². The van der Waals surface area contributed by atoms with Crippen LogP contribution in [-0.4, -0.2) is 30.4 Å². The number of hydrogen-bond donors (Lipinski definition) is 1. The highest BCUT2D eigenvalue weighted by molar-refractivity contribution is 5.66. The molecule has 2 aromatic rings. The van der Waals surface area contributed by atoms with Gasteiger partial charge >= 0.3 is 18.3 Å². The van der Waals surface area contributed by atoms with Gasteiger partial charge in [-0.2, -0.15) is 26.3 Å². The third-order valence-electron chi connectivity index (χ3n) is 7.87. The molecule has 0 unspecified atom stereocenters. The lowest BCUT2D eigenvalue weighted by molar-refractivity contribution is -0.144. The molecule has 4 rings (SSSR count). The minimum Gasteiger partial charge on any atom is -0.481 e. The molecule has 0 spiro atoms. The van der Waals surface area contributed by atoms with Gasteiger partial charge in [-0.1, -0.05) is 30.4 Å². The molecule has 2 aromatic carbocycles. The number of carbonyl (C=O) groups is 1. The van der Waals surface area contributed by atoms with E-state index < -0.39 is 47.0 Å². The number of aliphatic carboxylic acids is 1. The van der Waals surface area contributed by atoms with Crippen LogP contribution in [0.4, 0.5) is 30.7 Å². The smallest absolute Gasteiger partial charge is 0.416 e. The molecule has 1 aliphatic heterocycles. The lowest BCUT2D eigenvalue weighted by Crippen LogP contribution is -2.41. The summed E-state index contributed by atoms with van der Waals surface area (Å²) in [6, 6.07) is 7.63. The van der Waals surface area contributed by atoms with Crippen LogP contribution < -0.4 is 0 Å². The number of carboxylic acids is 1. The molecule has 1 N–H and O–H groups in total. The lowest BCUT2D eigenvalue weighted by Gasteiger charge is -2.39. The van der Waals surface area contributed by atoms with Gasteiger partial charge in [-0.15, -0.1) is 0 Å². The van der Waals surface area contributed by atoms with Gasteiger partial charge in [-0.25, -0.2) is 4.39 Å². The van der Waals surface area contributed by atoms with E-state index in [2.05, 4.69) is 0 Å². The molecule has 4 atom stereocenters. The molecule has 40 heavy (non-hydrogen) atoms. The summed E-state index contributed by atoms with van der Waals surface area (Å²) < 4.78 is 105. The first-order valence-corrected chi connectivity index (χ1v) is 12.9. The van der Waals surface area contributed by atoms with Crippen LogP contribution in [0.2, 0.25) is 0 Å². The van der Waals surface area contributed by atoms with Crippen molar-refractivity contribution in [2.45, 2.75) is 62.6 Å². The van der Waals surface area contributed by atoms with Crippen molar-refractivity contribution in [3.63, 3.8) is 0 Å². The fraction of sp³-hybridized carbons (Fsp3) is 0.483. The molecule has 1 heterocycles. The van der Waals surface area contributed by atoms with E-state index >= 15 is 0 Å². The zero-order chi connectivity index (χ0) is 29.1. The number of hydrogen-bond acceptors (Lipinski definition) is 3. The second-order valence-electron chi connectivity index (χ2n) is 10.4. The van der Waals surface area contributed by atoms with Crippen LogP contribution in [0.5, 0.6) is 0 Å². The number of fused-ring (bicyclic) bond motifs is 2. The van der Waals surface area contributed by atoms with Gasteiger partial charge in [0.2, 0.25) is 0 Å². The van der Waals surface area contributed by atoms with E-state index in [1.165, 1.54) is 12.1 Å². The van der Waals surface area contributed by atoms with Gasteiger partial charge in [0, 0.05) is 17.8 Å². The van der Waals surface area contributed by atoms with Crippen molar-refractivity contribution in [2.75, 3.05) is 13.2 Å². The Labute approximate surface area is 226 Å². The zero-order valence-electron chi connectivity index (χ0n) is 21.4. The first-order chi connectivity index (χ1) is 18.8. The van der Waals surface area contributed by atoms with E-state index in [9.17, 15) is 35.5 Å². The fourth-order valence-electron chi connectivity index (χ4n) is 5.94. The van der Waals surface area contributed by atoms with Crippen LogP contribution in [0.3, 0.4) is 0 Å². The minimum atomic E-state index is -4.99. The highest BCUT2D eigenvalue weighted by atomic mass is 19.4. The summed E-state index contributed by atoms with van der Waals surface area (Å²) in [5.74, 6) is -1.57. The van der Waals surface area contributed by atoms with Crippen molar-refractivity contribution in [2.24, 2.45) is 11.8 Å². The summed E-state index contributed by atoms with van der Waals surface area (Å²) in [5.41, 5.74) is -2.77. The van der Waals surface area contributed by atoms with Crippen molar-refractivity contribution < 1.29 is 50.1 Å². The maximum atomic E-state index is 13.7. The van der Waals surface area contributed by atoms with Crippen molar-refractivity contribution in [1.29, 1.82) is 0 Å². The number of halogens is 7. The zero-order valence-corrected chi connectivity index (χ0v) is 21.4. The first kappa shape index (κ1) is 30.0. The van der Waals surface area contributed by atoms with E-state index in [0.29, 0.717) is 38.4 Å². The summed E-state index contributed by atoms with van der Waals surface area (Å²) in [6.45, 7) is -0.130. The number of unbranched alkanes of at least 4 members (excludes halogenated alkanes) is 1. The van der Waals surface area contributed by atoms with E-state index in [-0.39, 0.29) is 42.9 Å². The maximum absolute atomic E-state index is 13.7. The predicted molar refractivity (Wildman–Crippen MR) is 131 cm³/mol. The summed E-state index contributed by atoms with van der Waals surface area (Å²) in [7, 11) is 0. The van der Waals surface area contributed by atoms with Gasteiger partial charge in [0.05, 0.1) is 37.1 Å². The number of carboxylic acid groups (broad SMARTS) is 1. The normalized spacial score (nSPS) is 24.7. The van der Waals surface area contributed by atoms with E-state index in [1.54, 1.807) is 12.1 Å². The molecule has 2 aliphatic rings. The highest BCUT2D eigenvalue weighted by Crippen LogP contribution is 2.56. The number of rotatable bonds is 11. The van der Waals surface area contributed by atoms with Gasteiger partial charge in [0.15, 0.2) is 0 Å². The molecular formula is C29H29F7O4. The second-order valence-corrected chi connectivity index (χ2v) is 10.4. The molecule has 0 radical (unpaired) electrons. The lowest BCUT2D eigenvalue weighted by atomic mass is 9.69. The Balaban J connectivity index is 1.51. The molecule has 0 amide bonds. The average molecular weight is 575 g/mol. The van der Waals surface area contributed by atoms with Gasteiger partial charge in [0.1, 0.15) is 5.82 Å². The molecular weight excluding hydrogens is 545 g/mol. The Morgan fingerprint density at radius 3 is 2.42 bits per heavy atom. The Morgan fingerprint density at radius 2 is 1.77 bits per heavy atom. The van der Waals surface area contributed by atoms with E-state index in [4.69, 9.17) is 14.6 Å². The predicted octanol–water partition coefficient (Wildman–Crippen LogP) is 7.55. The van der Waals surface area contributed by atoms with E-state index in [0.717, 1.165) is 11.6 Å². The summed E-state index contributed by atoms with van der Waals surface area (Å²) in [4.78, 5) is 10.7. The number of ether oxygens (including phenoxy) is 2. The summed E-state index contributed by atoms with van der Waals surface area (Å²) in [6.07, 6.45) is -4.06. The van der Waals surface area contributed by atoms with Crippen LogP contribution in [0.25, 0.3) is 0 Å². The minimum absolute atomic E-state index is 0.0173. The first-order valence-electron chi connectivity index (χ1n) is 12.9. The van der Waals surface area contributed by atoms with Crippen LogP contribution in [-0.2, 0) is 38.6 Å². The maximum Gasteiger partial charge on any atom is 0.416 e. The van der Waals surface area contributed by atoms with Crippen molar-refractivity contribution in [3.05, 3.63) is 82.7 Å². The highest BCUT2D eigenvalue weighted by Gasteiger charge is 2.59. The number of alkyl halides is 6. The van der Waals surface area contributed by atoms with E-state index in [1.807, 2.05) is 12.2 Å². The Morgan fingerprint density at radius 1 is 1.05 bits per heavy atom. The molecule has 11 heteroatoms. The van der Waals surface area contributed by atoms with Crippen molar-refractivity contribution in [3.8, 4) is 0 Å². The molecule has 2 bridgehead atoms. The Bertz CT molecular complexity index is 1210. The quantitative estimate of drug-likeness (QED) is 0.171. The molecule has 218 valence electrons. The average Bonchev–Trinajstić information content (AvgIpc) is 3.43. The standard InChI is InChI=1S/C29H29F7O4/c30-21-11-9-19(10-12-21)27-14-25(40-17-27)22(23(27)5-3-1-2-4-6-26(37)38)16-39-15-18-7-8-20(28(31,32)33)13-24(18)29(34,35)36/h1,3,7-13,22-23,25H,2,4-6,14-17H2,(H,37,38)/t22-,23-,25-,27-/m0/s1. The largest absolute Gasteiger partial charge is 0.481 e. The van der Waals surface area contributed by atoms with Gasteiger partial charge in [0.25, 0.3) is 0 Å². The van der Waals surface area contributed by atoms with Crippen molar-refractivity contribution in [1.82, 2.24) is 0 Å². The number of allylic oxidation sites excluding steroid dienone is 2. The SMILES string of the molecule is O=C(O)CCCC=CC[C@H]1[C@H](COCc2ccc(C(F)(F)F)cc2C(F)(F)F)[C@@H]2C[C@@]1(c1ccc(F)cc1)CO2. The Hall–Kier alpha value is -2.92.